The number of nitrogens with zero attached hydrogens (tertiary/aromatic N) is 1. The van der Waals surface area contributed by atoms with E-state index in [2.05, 4.69) is 5.32 Å². The lowest BCUT2D eigenvalue weighted by Gasteiger charge is -2.22. The number of amides is 2. The predicted octanol–water partition coefficient (Wildman–Crippen LogP) is 1.04. The number of aryl methyl sites for hydroxylation is 1. The first-order valence-electron chi connectivity index (χ1n) is 5.63. The Bertz CT molecular complexity index is 599. The Hall–Kier alpha value is -2.51. The van der Waals surface area contributed by atoms with Crippen LogP contribution in [0.2, 0.25) is 0 Å². The van der Waals surface area contributed by atoms with Crippen LogP contribution < -0.4 is 11.1 Å². The molecule has 0 bridgehead atoms. The summed E-state index contributed by atoms with van der Waals surface area (Å²) in [5.41, 5.74) is 2.73. The number of rotatable bonds is 4. The summed E-state index contributed by atoms with van der Waals surface area (Å²) in [6, 6.07) is 1.83. The summed E-state index contributed by atoms with van der Waals surface area (Å²) in [7, 11) is 0. The molecular weight excluding hydrogens is 269 g/mol. The Morgan fingerprint density at radius 1 is 1.40 bits per heavy atom. The number of halogens is 1. The van der Waals surface area contributed by atoms with Crippen molar-refractivity contribution in [3.63, 3.8) is 0 Å². The third-order valence-corrected chi connectivity index (χ3v) is 2.74. The summed E-state index contributed by atoms with van der Waals surface area (Å²) in [6.45, 7) is 3.99. The molecule has 0 aliphatic carbocycles. The third kappa shape index (κ3) is 3.08. The molecular formula is C12H14FN3O4. The molecule has 0 spiro atoms. The van der Waals surface area contributed by atoms with Crippen molar-refractivity contribution in [1.82, 2.24) is 5.32 Å². The minimum Gasteiger partial charge on any atom is -0.368 e. The lowest BCUT2D eigenvalue weighted by Crippen LogP contribution is -2.53. The van der Waals surface area contributed by atoms with E-state index in [0.29, 0.717) is 0 Å². The van der Waals surface area contributed by atoms with Gasteiger partial charge >= 0.3 is 0 Å². The summed E-state index contributed by atoms with van der Waals surface area (Å²) in [4.78, 5) is 33.0. The molecule has 0 radical (unpaired) electrons. The molecule has 7 nitrogen and oxygen atoms in total. The van der Waals surface area contributed by atoms with Crippen LogP contribution in [-0.2, 0) is 4.79 Å². The number of nitrogens with one attached hydrogen (secondary N) is 1. The Morgan fingerprint density at radius 3 is 2.40 bits per heavy atom. The van der Waals surface area contributed by atoms with Crippen LogP contribution in [0.25, 0.3) is 0 Å². The zero-order valence-electron chi connectivity index (χ0n) is 11.2. The highest BCUT2D eigenvalue weighted by atomic mass is 19.1. The second-order valence-electron chi connectivity index (χ2n) is 4.82. The molecule has 0 saturated carbocycles. The molecule has 3 N–H and O–H groups in total. The van der Waals surface area contributed by atoms with Crippen molar-refractivity contribution in [2.45, 2.75) is 26.3 Å². The molecule has 1 rings (SSSR count). The summed E-state index contributed by atoms with van der Waals surface area (Å²) >= 11 is 0. The maximum Gasteiger partial charge on any atom is 0.270 e. The Morgan fingerprint density at radius 2 is 1.95 bits per heavy atom. The van der Waals surface area contributed by atoms with E-state index in [1.165, 1.54) is 20.8 Å². The highest BCUT2D eigenvalue weighted by Gasteiger charge is 2.29. The lowest BCUT2D eigenvalue weighted by molar-refractivity contribution is -0.385. The second-order valence-corrected chi connectivity index (χ2v) is 4.82. The van der Waals surface area contributed by atoms with E-state index < -0.39 is 39.3 Å². The minimum absolute atomic E-state index is 0.0405. The zero-order valence-corrected chi connectivity index (χ0v) is 11.2. The van der Waals surface area contributed by atoms with Crippen LogP contribution in [0.3, 0.4) is 0 Å². The van der Waals surface area contributed by atoms with Gasteiger partial charge in [0, 0.05) is 12.1 Å². The fraction of sp³-hybridized carbons (Fsp3) is 0.333. The number of nitro groups is 1. The average Bonchev–Trinajstić information content (AvgIpc) is 2.31. The van der Waals surface area contributed by atoms with E-state index in [-0.39, 0.29) is 5.56 Å². The second kappa shape index (κ2) is 5.24. The quantitative estimate of drug-likeness (QED) is 0.634. The van der Waals surface area contributed by atoms with Crippen molar-refractivity contribution >= 4 is 17.5 Å². The van der Waals surface area contributed by atoms with Gasteiger partial charge in [0.15, 0.2) is 0 Å². The number of hydrogen-bond donors (Lipinski definition) is 2. The number of benzene rings is 1. The van der Waals surface area contributed by atoms with Gasteiger partial charge in [0.1, 0.15) is 11.4 Å². The molecule has 8 heteroatoms. The highest BCUT2D eigenvalue weighted by Crippen LogP contribution is 2.21. The SMILES string of the molecule is Cc1cc([N+](=O)[O-])cc(C(=O)NC(C)(C)C(N)=O)c1F. The molecule has 0 saturated heterocycles. The monoisotopic (exact) mass is 283 g/mol. The number of primary amides is 1. The molecule has 1 aromatic rings. The zero-order chi connectivity index (χ0) is 15.7. The maximum absolute atomic E-state index is 13.9. The number of nitrogens with two attached hydrogens (primary N) is 1. The van der Waals surface area contributed by atoms with Gasteiger partial charge in [-0.2, -0.15) is 0 Å². The van der Waals surface area contributed by atoms with E-state index in [9.17, 15) is 24.1 Å². The van der Waals surface area contributed by atoms with Gasteiger partial charge in [-0.1, -0.05) is 0 Å². The van der Waals surface area contributed by atoms with Crippen LogP contribution in [0.1, 0.15) is 29.8 Å². The van der Waals surface area contributed by atoms with Crippen molar-refractivity contribution in [1.29, 1.82) is 0 Å². The highest BCUT2D eigenvalue weighted by molar-refractivity contribution is 5.99. The molecule has 0 aliphatic rings. The molecule has 0 aromatic heterocycles. The summed E-state index contributed by atoms with van der Waals surface area (Å²) in [5.74, 6) is -2.64. The fourth-order valence-electron chi connectivity index (χ4n) is 1.43. The van der Waals surface area contributed by atoms with E-state index in [1.54, 1.807) is 0 Å². The van der Waals surface area contributed by atoms with Crippen LogP contribution >= 0.6 is 0 Å². The van der Waals surface area contributed by atoms with Gasteiger partial charge in [0.2, 0.25) is 5.91 Å². The van der Waals surface area contributed by atoms with Gasteiger partial charge in [-0.25, -0.2) is 4.39 Å². The van der Waals surface area contributed by atoms with E-state index >= 15 is 0 Å². The van der Waals surface area contributed by atoms with E-state index in [4.69, 9.17) is 5.73 Å². The van der Waals surface area contributed by atoms with Crippen LogP contribution in [0.15, 0.2) is 12.1 Å². The van der Waals surface area contributed by atoms with Crippen molar-refractivity contribution in [2.75, 3.05) is 0 Å². The van der Waals surface area contributed by atoms with Crippen molar-refractivity contribution in [2.24, 2.45) is 5.73 Å². The first-order chi connectivity index (χ1) is 9.06. The summed E-state index contributed by atoms with van der Waals surface area (Å²) in [5, 5.41) is 12.9. The minimum atomic E-state index is -1.40. The first-order valence-corrected chi connectivity index (χ1v) is 5.63. The lowest BCUT2D eigenvalue weighted by atomic mass is 10.0. The maximum atomic E-state index is 13.9. The Balaban J connectivity index is 3.23. The molecule has 0 fully saturated rings. The third-order valence-electron chi connectivity index (χ3n) is 2.74. The van der Waals surface area contributed by atoms with Gasteiger partial charge in [-0.15, -0.1) is 0 Å². The van der Waals surface area contributed by atoms with E-state index in [0.717, 1.165) is 12.1 Å². The number of nitro benzene ring substituents is 1. The number of hydrogen-bond acceptors (Lipinski definition) is 4. The molecule has 0 heterocycles. The van der Waals surface area contributed by atoms with Crippen molar-refractivity contribution in [3.05, 3.63) is 39.2 Å². The number of non-ortho nitro benzene ring substituents is 1. The molecule has 0 aliphatic heterocycles. The number of carbonyl (C=O) groups is 2. The normalized spacial score (nSPS) is 11.0. The van der Waals surface area contributed by atoms with Gasteiger partial charge in [0.05, 0.1) is 10.5 Å². The molecule has 0 unspecified atom stereocenters. The van der Waals surface area contributed by atoms with Crippen LogP contribution in [0.4, 0.5) is 10.1 Å². The number of carbonyl (C=O) groups excluding carboxylic acids is 2. The largest absolute Gasteiger partial charge is 0.368 e. The predicted molar refractivity (Wildman–Crippen MR) is 68.5 cm³/mol. The smallest absolute Gasteiger partial charge is 0.270 e. The fourth-order valence-corrected chi connectivity index (χ4v) is 1.43. The summed E-state index contributed by atoms with van der Waals surface area (Å²) < 4.78 is 13.9. The molecule has 0 atom stereocenters. The van der Waals surface area contributed by atoms with E-state index in [1.807, 2.05) is 0 Å². The van der Waals surface area contributed by atoms with Crippen LogP contribution in [0, 0.1) is 22.9 Å². The first kappa shape index (κ1) is 15.5. The molecule has 108 valence electrons. The van der Waals surface area contributed by atoms with Crippen LogP contribution in [0.5, 0.6) is 0 Å². The standard InChI is InChI=1S/C12H14FN3O4/c1-6-4-7(16(19)20)5-8(9(6)13)10(17)15-12(2,3)11(14)18/h4-5H,1-3H3,(H2,14,18)(H,15,17). The Kier molecular flexibility index (Phi) is 4.07. The molecule has 1 aromatic carbocycles. The van der Waals surface area contributed by atoms with Gasteiger partial charge in [-0.3, -0.25) is 19.7 Å². The summed E-state index contributed by atoms with van der Waals surface area (Å²) in [6.07, 6.45) is 0. The average molecular weight is 283 g/mol. The van der Waals surface area contributed by atoms with Gasteiger partial charge in [-0.05, 0) is 26.3 Å². The Labute approximate surface area is 114 Å². The van der Waals surface area contributed by atoms with Crippen molar-refractivity contribution in [3.8, 4) is 0 Å². The van der Waals surface area contributed by atoms with Crippen LogP contribution in [-0.4, -0.2) is 22.3 Å². The van der Waals surface area contributed by atoms with Crippen molar-refractivity contribution < 1.29 is 18.9 Å². The van der Waals surface area contributed by atoms with Gasteiger partial charge < -0.3 is 11.1 Å². The van der Waals surface area contributed by atoms with Gasteiger partial charge in [0.25, 0.3) is 11.6 Å². The molecule has 2 amide bonds. The topological polar surface area (TPSA) is 115 Å². The molecule has 20 heavy (non-hydrogen) atoms.